The Kier molecular flexibility index (Phi) is 4.77. The van der Waals surface area contributed by atoms with E-state index in [2.05, 4.69) is 12.2 Å². The third-order valence-corrected chi connectivity index (χ3v) is 4.72. The second-order valence-corrected chi connectivity index (χ2v) is 6.57. The van der Waals surface area contributed by atoms with Crippen LogP contribution in [0.1, 0.15) is 22.8 Å². The fraction of sp³-hybridized carbons (Fsp3) is 0.0833. The molecule has 1 heterocycles. The lowest BCUT2D eigenvalue weighted by Crippen LogP contribution is -2.11. The highest BCUT2D eigenvalue weighted by Crippen LogP contribution is 2.22. The second kappa shape index (κ2) is 7.53. The Morgan fingerprint density at radius 3 is 2.36 bits per heavy atom. The predicted molar refractivity (Wildman–Crippen MR) is 112 cm³/mol. The number of carbonyl (C=O) groups excluding carboxylic acids is 1. The molecule has 1 aromatic heterocycles. The molecule has 0 aliphatic heterocycles. The molecule has 0 saturated heterocycles. The molecule has 0 unspecified atom stereocenters. The highest BCUT2D eigenvalue weighted by Gasteiger charge is 2.10. The molecule has 4 nitrogen and oxygen atoms in total. The summed E-state index contributed by atoms with van der Waals surface area (Å²) in [6.07, 6.45) is 0.957. The Labute approximate surface area is 162 Å². The van der Waals surface area contributed by atoms with Crippen molar-refractivity contribution >= 4 is 22.6 Å². The third kappa shape index (κ3) is 3.58. The summed E-state index contributed by atoms with van der Waals surface area (Å²) in [6, 6.07) is 23.9. The molecule has 0 bridgehead atoms. The number of nitrogens with one attached hydrogen (secondary N) is 1. The molecule has 0 atom stereocenters. The number of carbonyl (C=O) groups is 1. The van der Waals surface area contributed by atoms with E-state index in [1.54, 1.807) is 30.3 Å². The van der Waals surface area contributed by atoms with Gasteiger partial charge in [0.05, 0.1) is 5.56 Å². The van der Waals surface area contributed by atoms with E-state index in [4.69, 9.17) is 4.42 Å². The quantitative estimate of drug-likeness (QED) is 0.498. The molecule has 0 aliphatic carbocycles. The normalized spacial score (nSPS) is 10.8. The molecule has 0 spiro atoms. The van der Waals surface area contributed by atoms with Gasteiger partial charge in [-0.15, -0.1) is 0 Å². The number of aryl methyl sites for hydroxylation is 1. The van der Waals surface area contributed by atoms with E-state index >= 15 is 0 Å². The number of rotatable bonds is 4. The lowest BCUT2D eigenvalue weighted by molar-refractivity contribution is 0.102. The van der Waals surface area contributed by atoms with Gasteiger partial charge < -0.3 is 9.73 Å². The standard InChI is InChI=1S/C24H19NO3/c1-2-16-7-13-20(14-8-16)25-23(26)18-11-9-17(10-12-18)21-15-19-5-3-4-6-22(19)28-24(21)27/h3-15H,2H2,1H3,(H,25,26). The lowest BCUT2D eigenvalue weighted by atomic mass is 10.0. The van der Waals surface area contributed by atoms with Crippen molar-refractivity contribution in [2.24, 2.45) is 0 Å². The Morgan fingerprint density at radius 2 is 1.64 bits per heavy atom. The lowest BCUT2D eigenvalue weighted by Gasteiger charge is -2.07. The van der Waals surface area contributed by atoms with Gasteiger partial charge in [0.25, 0.3) is 5.91 Å². The van der Waals surface area contributed by atoms with Gasteiger partial charge in [-0.05, 0) is 53.9 Å². The zero-order valence-electron chi connectivity index (χ0n) is 15.4. The van der Waals surface area contributed by atoms with Crippen molar-refractivity contribution in [2.45, 2.75) is 13.3 Å². The van der Waals surface area contributed by atoms with E-state index in [1.165, 1.54) is 5.56 Å². The van der Waals surface area contributed by atoms with E-state index in [0.717, 1.165) is 17.5 Å². The molecule has 0 radical (unpaired) electrons. The van der Waals surface area contributed by atoms with Crippen molar-refractivity contribution in [1.82, 2.24) is 0 Å². The van der Waals surface area contributed by atoms with Gasteiger partial charge in [0.1, 0.15) is 5.58 Å². The van der Waals surface area contributed by atoms with Crippen LogP contribution < -0.4 is 10.9 Å². The monoisotopic (exact) mass is 369 g/mol. The molecular weight excluding hydrogens is 350 g/mol. The van der Waals surface area contributed by atoms with Crippen LogP contribution in [0, 0.1) is 0 Å². The molecule has 1 amide bonds. The molecule has 28 heavy (non-hydrogen) atoms. The Bertz CT molecular complexity index is 1190. The van der Waals surface area contributed by atoms with Crippen molar-refractivity contribution < 1.29 is 9.21 Å². The summed E-state index contributed by atoms with van der Waals surface area (Å²) in [6.45, 7) is 2.09. The van der Waals surface area contributed by atoms with Crippen LogP contribution in [0.15, 0.2) is 88.1 Å². The Hall–Kier alpha value is -3.66. The summed E-state index contributed by atoms with van der Waals surface area (Å²) in [7, 11) is 0. The average Bonchev–Trinajstić information content (AvgIpc) is 2.74. The number of benzene rings is 3. The molecular formula is C24H19NO3. The van der Waals surface area contributed by atoms with Crippen molar-refractivity contribution in [2.75, 3.05) is 5.32 Å². The van der Waals surface area contributed by atoms with E-state index in [9.17, 15) is 9.59 Å². The maximum Gasteiger partial charge on any atom is 0.344 e. The number of hydrogen-bond acceptors (Lipinski definition) is 3. The number of anilines is 1. The number of amides is 1. The first-order valence-corrected chi connectivity index (χ1v) is 9.17. The molecule has 0 aliphatic rings. The van der Waals surface area contributed by atoms with E-state index < -0.39 is 5.63 Å². The highest BCUT2D eigenvalue weighted by molar-refractivity contribution is 6.04. The summed E-state index contributed by atoms with van der Waals surface area (Å²) < 4.78 is 5.39. The summed E-state index contributed by atoms with van der Waals surface area (Å²) in [4.78, 5) is 24.8. The maximum atomic E-state index is 12.5. The fourth-order valence-corrected chi connectivity index (χ4v) is 3.09. The van der Waals surface area contributed by atoms with Crippen LogP contribution in [-0.2, 0) is 6.42 Å². The van der Waals surface area contributed by atoms with Gasteiger partial charge in [-0.1, -0.05) is 49.4 Å². The molecule has 138 valence electrons. The molecule has 0 saturated carbocycles. The molecule has 4 heteroatoms. The van der Waals surface area contributed by atoms with Crippen molar-refractivity contribution in [1.29, 1.82) is 0 Å². The third-order valence-electron chi connectivity index (χ3n) is 4.72. The summed E-state index contributed by atoms with van der Waals surface area (Å²) in [5.74, 6) is -0.193. The minimum atomic E-state index is -0.396. The van der Waals surface area contributed by atoms with Crippen LogP contribution >= 0.6 is 0 Å². The maximum absolute atomic E-state index is 12.5. The Morgan fingerprint density at radius 1 is 0.929 bits per heavy atom. The number of para-hydroxylation sites is 1. The van der Waals surface area contributed by atoms with Crippen LogP contribution in [0.4, 0.5) is 5.69 Å². The molecule has 4 rings (SSSR count). The van der Waals surface area contributed by atoms with Crippen molar-refractivity contribution in [3.05, 3.63) is 100 Å². The summed E-state index contributed by atoms with van der Waals surface area (Å²) in [5.41, 5.74) is 3.84. The zero-order valence-corrected chi connectivity index (χ0v) is 15.4. The first-order valence-electron chi connectivity index (χ1n) is 9.17. The highest BCUT2D eigenvalue weighted by atomic mass is 16.4. The van der Waals surface area contributed by atoms with Crippen molar-refractivity contribution in [3.63, 3.8) is 0 Å². The summed E-state index contributed by atoms with van der Waals surface area (Å²) in [5, 5.41) is 3.74. The van der Waals surface area contributed by atoms with E-state index in [1.807, 2.05) is 48.5 Å². The van der Waals surface area contributed by atoms with Gasteiger partial charge >= 0.3 is 5.63 Å². The number of hydrogen-bond donors (Lipinski definition) is 1. The SMILES string of the molecule is CCc1ccc(NC(=O)c2ccc(-c3cc4ccccc4oc3=O)cc2)cc1. The van der Waals surface area contributed by atoms with Crippen LogP contribution in [0.25, 0.3) is 22.1 Å². The van der Waals surface area contributed by atoms with E-state index in [-0.39, 0.29) is 5.91 Å². The van der Waals surface area contributed by atoms with Crippen molar-refractivity contribution in [3.8, 4) is 11.1 Å². The van der Waals surface area contributed by atoms with Crippen LogP contribution in [0.2, 0.25) is 0 Å². The van der Waals surface area contributed by atoms with Gasteiger partial charge in [0, 0.05) is 16.6 Å². The van der Waals surface area contributed by atoms with Gasteiger partial charge in [-0.3, -0.25) is 4.79 Å². The summed E-state index contributed by atoms with van der Waals surface area (Å²) >= 11 is 0. The van der Waals surface area contributed by atoms with Gasteiger partial charge in [0.2, 0.25) is 0 Å². The first-order chi connectivity index (χ1) is 13.6. The molecule has 1 N–H and O–H groups in total. The van der Waals surface area contributed by atoms with Crippen LogP contribution in [-0.4, -0.2) is 5.91 Å². The first kappa shape index (κ1) is 17.7. The van der Waals surface area contributed by atoms with Crippen LogP contribution in [0.5, 0.6) is 0 Å². The molecule has 0 fully saturated rings. The van der Waals surface area contributed by atoms with Gasteiger partial charge in [0.15, 0.2) is 0 Å². The Balaban J connectivity index is 1.57. The second-order valence-electron chi connectivity index (χ2n) is 6.57. The van der Waals surface area contributed by atoms with Gasteiger partial charge in [-0.2, -0.15) is 0 Å². The number of fused-ring (bicyclic) bond motifs is 1. The largest absolute Gasteiger partial charge is 0.422 e. The zero-order chi connectivity index (χ0) is 19.5. The molecule has 3 aromatic carbocycles. The topological polar surface area (TPSA) is 59.3 Å². The molecule has 4 aromatic rings. The smallest absolute Gasteiger partial charge is 0.344 e. The average molecular weight is 369 g/mol. The minimum absolute atomic E-state index is 0.193. The minimum Gasteiger partial charge on any atom is -0.422 e. The predicted octanol–water partition coefficient (Wildman–Crippen LogP) is 5.27. The van der Waals surface area contributed by atoms with Gasteiger partial charge in [-0.25, -0.2) is 4.79 Å². The van der Waals surface area contributed by atoms with Crippen LogP contribution in [0.3, 0.4) is 0 Å². The van der Waals surface area contributed by atoms with E-state index in [0.29, 0.717) is 22.3 Å². The fourth-order valence-electron chi connectivity index (χ4n) is 3.09.